The number of anilines is 1. The topological polar surface area (TPSA) is 86.8 Å². The van der Waals surface area contributed by atoms with Crippen molar-refractivity contribution in [2.45, 2.75) is 78.4 Å². The van der Waals surface area contributed by atoms with Gasteiger partial charge in [0.05, 0.1) is 10.6 Å². The number of amides is 2. The largest absolute Gasteiger partial charge is 0.350 e. The van der Waals surface area contributed by atoms with E-state index in [1.807, 2.05) is 84.9 Å². The maximum atomic E-state index is 14.1. The standard InChI is InChI=1S/C32H41N3O4S/c1-22-14-17-28(18-15-22)40(38,39)35(29-19-23(2)13-16-25(29)4)21-30(36)34(20-27-12-10-9-11-24(27)3)26(5)31(37)33-32(6,7)8/h9-19,26H,20-21H2,1-8H3,(H,33,37). The second-order valence-electron chi connectivity index (χ2n) is 11.5. The number of carbonyl (C=O) groups is 2. The van der Waals surface area contributed by atoms with Crippen molar-refractivity contribution >= 4 is 27.5 Å². The van der Waals surface area contributed by atoms with Crippen LogP contribution in [-0.4, -0.2) is 43.3 Å². The number of benzene rings is 3. The minimum Gasteiger partial charge on any atom is -0.350 e. The van der Waals surface area contributed by atoms with E-state index in [-0.39, 0.29) is 17.3 Å². The van der Waals surface area contributed by atoms with Crippen LogP contribution in [0.5, 0.6) is 0 Å². The molecule has 0 spiro atoms. The Morgan fingerprint density at radius 1 is 0.850 bits per heavy atom. The minimum atomic E-state index is -4.11. The smallest absolute Gasteiger partial charge is 0.264 e. The Bertz CT molecular complexity index is 1470. The molecule has 1 atom stereocenters. The number of nitrogens with one attached hydrogen (secondary N) is 1. The third-order valence-corrected chi connectivity index (χ3v) is 8.56. The van der Waals surface area contributed by atoms with Gasteiger partial charge in [-0.05, 0) is 95.8 Å². The molecule has 1 unspecified atom stereocenters. The molecule has 0 aliphatic rings. The van der Waals surface area contributed by atoms with Gasteiger partial charge in [-0.2, -0.15) is 0 Å². The Morgan fingerprint density at radius 2 is 1.45 bits per heavy atom. The molecule has 7 nitrogen and oxygen atoms in total. The number of hydrogen-bond acceptors (Lipinski definition) is 4. The molecule has 0 radical (unpaired) electrons. The molecule has 0 aliphatic heterocycles. The van der Waals surface area contributed by atoms with Crippen LogP contribution in [0.15, 0.2) is 71.6 Å². The van der Waals surface area contributed by atoms with Gasteiger partial charge < -0.3 is 10.2 Å². The van der Waals surface area contributed by atoms with Crippen LogP contribution >= 0.6 is 0 Å². The second-order valence-corrected chi connectivity index (χ2v) is 13.3. The Balaban J connectivity index is 2.09. The third-order valence-electron chi connectivity index (χ3n) is 6.79. The first kappa shape index (κ1) is 30.9. The average molecular weight is 564 g/mol. The highest BCUT2D eigenvalue weighted by Gasteiger charge is 2.34. The number of rotatable bonds is 9. The Labute approximate surface area is 239 Å². The molecule has 3 rings (SSSR count). The molecular formula is C32H41N3O4S. The molecule has 2 amide bonds. The van der Waals surface area contributed by atoms with Gasteiger partial charge in [0.15, 0.2) is 0 Å². The first-order valence-electron chi connectivity index (χ1n) is 13.4. The fourth-order valence-corrected chi connectivity index (χ4v) is 5.84. The molecule has 0 heterocycles. The molecule has 3 aromatic rings. The van der Waals surface area contributed by atoms with E-state index < -0.39 is 34.1 Å². The van der Waals surface area contributed by atoms with Crippen molar-refractivity contribution in [1.29, 1.82) is 0 Å². The first-order valence-corrected chi connectivity index (χ1v) is 14.9. The zero-order valence-electron chi connectivity index (χ0n) is 24.8. The van der Waals surface area contributed by atoms with Crippen molar-refractivity contribution < 1.29 is 18.0 Å². The highest BCUT2D eigenvalue weighted by atomic mass is 32.2. The molecule has 0 aromatic heterocycles. The van der Waals surface area contributed by atoms with E-state index in [9.17, 15) is 18.0 Å². The first-order chi connectivity index (χ1) is 18.6. The predicted molar refractivity (Wildman–Crippen MR) is 161 cm³/mol. The molecule has 0 aliphatic carbocycles. The monoisotopic (exact) mass is 563 g/mol. The summed E-state index contributed by atoms with van der Waals surface area (Å²) >= 11 is 0. The highest BCUT2D eigenvalue weighted by Crippen LogP contribution is 2.29. The molecule has 214 valence electrons. The van der Waals surface area contributed by atoms with E-state index >= 15 is 0 Å². The van der Waals surface area contributed by atoms with Crippen LogP contribution in [0.25, 0.3) is 0 Å². The third kappa shape index (κ3) is 7.50. The quantitative estimate of drug-likeness (QED) is 0.375. The van der Waals surface area contributed by atoms with Gasteiger partial charge in [0.25, 0.3) is 10.0 Å². The zero-order chi connectivity index (χ0) is 29.8. The number of nitrogens with zero attached hydrogens (tertiary/aromatic N) is 2. The van der Waals surface area contributed by atoms with Gasteiger partial charge in [0.2, 0.25) is 11.8 Å². The Morgan fingerprint density at radius 3 is 2.05 bits per heavy atom. The molecular weight excluding hydrogens is 522 g/mol. The van der Waals surface area contributed by atoms with Gasteiger partial charge in [-0.15, -0.1) is 0 Å². The lowest BCUT2D eigenvalue weighted by atomic mass is 10.1. The lowest BCUT2D eigenvalue weighted by Gasteiger charge is -2.34. The van der Waals surface area contributed by atoms with Crippen molar-refractivity contribution in [2.75, 3.05) is 10.8 Å². The summed E-state index contributed by atoms with van der Waals surface area (Å²) in [6.45, 7) is 14.5. The van der Waals surface area contributed by atoms with Gasteiger partial charge in [-0.3, -0.25) is 13.9 Å². The number of hydrogen-bond donors (Lipinski definition) is 1. The lowest BCUT2D eigenvalue weighted by Crippen LogP contribution is -2.54. The van der Waals surface area contributed by atoms with Crippen LogP contribution in [0.2, 0.25) is 0 Å². The van der Waals surface area contributed by atoms with Gasteiger partial charge >= 0.3 is 0 Å². The summed E-state index contributed by atoms with van der Waals surface area (Å²) < 4.78 is 29.3. The summed E-state index contributed by atoms with van der Waals surface area (Å²) in [4.78, 5) is 28.9. The molecule has 0 bridgehead atoms. The summed E-state index contributed by atoms with van der Waals surface area (Å²) in [7, 11) is -4.11. The fraction of sp³-hybridized carbons (Fsp3) is 0.375. The van der Waals surface area contributed by atoms with Crippen LogP contribution in [0.1, 0.15) is 55.5 Å². The van der Waals surface area contributed by atoms with Gasteiger partial charge in [0, 0.05) is 12.1 Å². The zero-order valence-corrected chi connectivity index (χ0v) is 25.6. The maximum absolute atomic E-state index is 14.1. The van der Waals surface area contributed by atoms with Crippen LogP contribution in [-0.2, 0) is 26.2 Å². The van der Waals surface area contributed by atoms with E-state index in [0.717, 1.165) is 27.8 Å². The summed E-state index contributed by atoms with van der Waals surface area (Å²) in [5.74, 6) is -0.787. The summed E-state index contributed by atoms with van der Waals surface area (Å²) in [6.07, 6.45) is 0. The van der Waals surface area contributed by atoms with E-state index in [2.05, 4.69) is 5.32 Å². The summed E-state index contributed by atoms with van der Waals surface area (Å²) in [6, 6.07) is 18.9. The molecule has 0 fully saturated rings. The fourth-order valence-electron chi connectivity index (χ4n) is 4.37. The number of carbonyl (C=O) groups excluding carboxylic acids is 2. The van der Waals surface area contributed by atoms with Crippen molar-refractivity contribution in [1.82, 2.24) is 10.2 Å². The van der Waals surface area contributed by atoms with E-state index in [1.54, 1.807) is 37.3 Å². The van der Waals surface area contributed by atoms with Crippen LogP contribution in [0.4, 0.5) is 5.69 Å². The van der Waals surface area contributed by atoms with Crippen LogP contribution in [0.3, 0.4) is 0 Å². The van der Waals surface area contributed by atoms with Crippen LogP contribution < -0.4 is 9.62 Å². The predicted octanol–water partition coefficient (Wildman–Crippen LogP) is 5.45. The Kier molecular flexibility index (Phi) is 9.46. The van der Waals surface area contributed by atoms with Crippen molar-refractivity contribution in [3.8, 4) is 0 Å². The van der Waals surface area contributed by atoms with Gasteiger partial charge in [-0.1, -0.05) is 54.1 Å². The second kappa shape index (κ2) is 12.3. The molecule has 0 saturated heterocycles. The van der Waals surface area contributed by atoms with Crippen molar-refractivity contribution in [3.05, 3.63) is 94.5 Å². The average Bonchev–Trinajstić information content (AvgIpc) is 2.87. The molecule has 1 N–H and O–H groups in total. The van der Waals surface area contributed by atoms with Crippen molar-refractivity contribution in [2.24, 2.45) is 0 Å². The number of aryl methyl sites for hydroxylation is 4. The number of sulfonamides is 1. The normalized spacial score (nSPS) is 12.5. The van der Waals surface area contributed by atoms with Crippen molar-refractivity contribution in [3.63, 3.8) is 0 Å². The summed E-state index contributed by atoms with van der Waals surface area (Å²) in [5.41, 5.74) is 4.30. The highest BCUT2D eigenvalue weighted by molar-refractivity contribution is 7.92. The molecule has 0 saturated carbocycles. The lowest BCUT2D eigenvalue weighted by molar-refractivity contribution is -0.140. The SMILES string of the molecule is Cc1ccc(S(=O)(=O)N(CC(=O)N(Cc2ccccc2C)C(C)C(=O)NC(C)(C)C)c2cc(C)ccc2C)cc1. The molecule has 40 heavy (non-hydrogen) atoms. The molecule has 8 heteroatoms. The van der Waals surface area contributed by atoms with E-state index in [4.69, 9.17) is 0 Å². The molecule has 3 aromatic carbocycles. The van der Waals surface area contributed by atoms with Crippen LogP contribution in [0, 0.1) is 27.7 Å². The van der Waals surface area contributed by atoms with E-state index in [0.29, 0.717) is 5.69 Å². The minimum absolute atomic E-state index is 0.0933. The van der Waals surface area contributed by atoms with Gasteiger partial charge in [-0.25, -0.2) is 8.42 Å². The van der Waals surface area contributed by atoms with E-state index in [1.165, 1.54) is 9.21 Å². The van der Waals surface area contributed by atoms with Gasteiger partial charge in [0.1, 0.15) is 12.6 Å². The maximum Gasteiger partial charge on any atom is 0.264 e. The summed E-state index contributed by atoms with van der Waals surface area (Å²) in [5, 5.41) is 2.95. The Hall–Kier alpha value is -3.65.